The molecule has 0 bridgehead atoms. The standard InChI is InChI=1S/C22H32N4O4S/c1-5-14-31(27,28)26-12-10-25(11-13-26)22-20(21(16-29-3)23-17(2)24-22)15-18-6-8-19(30-4)9-7-18/h6-9H,5,10-16H2,1-4H3. The smallest absolute Gasteiger partial charge is 0.214 e. The van der Waals surface area contributed by atoms with Crippen molar-refractivity contribution < 1.29 is 17.9 Å². The lowest BCUT2D eigenvalue weighted by Crippen LogP contribution is -2.49. The molecule has 9 heteroatoms. The second-order valence-electron chi connectivity index (χ2n) is 7.68. The minimum atomic E-state index is -3.19. The van der Waals surface area contributed by atoms with E-state index in [0.29, 0.717) is 51.5 Å². The molecule has 2 heterocycles. The van der Waals surface area contributed by atoms with Gasteiger partial charge in [-0.3, -0.25) is 0 Å². The third-order valence-corrected chi connectivity index (χ3v) is 7.47. The van der Waals surface area contributed by atoms with Gasteiger partial charge >= 0.3 is 0 Å². The van der Waals surface area contributed by atoms with Crippen LogP contribution < -0.4 is 9.64 Å². The Balaban J connectivity index is 1.88. The zero-order valence-electron chi connectivity index (χ0n) is 18.8. The minimum Gasteiger partial charge on any atom is -0.497 e. The Kier molecular flexibility index (Phi) is 7.85. The van der Waals surface area contributed by atoms with Crippen LogP contribution in [-0.2, 0) is 27.8 Å². The lowest BCUT2D eigenvalue weighted by molar-refractivity contribution is 0.180. The number of rotatable bonds is 9. The van der Waals surface area contributed by atoms with Crippen LogP contribution >= 0.6 is 0 Å². The first kappa shape index (κ1) is 23.4. The van der Waals surface area contributed by atoms with E-state index in [4.69, 9.17) is 14.5 Å². The first-order chi connectivity index (χ1) is 14.9. The van der Waals surface area contributed by atoms with Crippen LogP contribution in [0.15, 0.2) is 24.3 Å². The number of sulfonamides is 1. The molecule has 2 aromatic rings. The Bertz CT molecular complexity index is 972. The highest BCUT2D eigenvalue weighted by molar-refractivity contribution is 7.89. The number of piperazine rings is 1. The summed E-state index contributed by atoms with van der Waals surface area (Å²) >= 11 is 0. The fourth-order valence-electron chi connectivity index (χ4n) is 3.85. The van der Waals surface area contributed by atoms with Gasteiger partial charge in [0.15, 0.2) is 0 Å². The highest BCUT2D eigenvalue weighted by atomic mass is 32.2. The van der Waals surface area contributed by atoms with Gasteiger partial charge in [0.25, 0.3) is 0 Å². The molecule has 1 aliphatic rings. The normalized spacial score (nSPS) is 15.3. The van der Waals surface area contributed by atoms with E-state index in [2.05, 4.69) is 9.88 Å². The van der Waals surface area contributed by atoms with Crippen molar-refractivity contribution in [3.63, 3.8) is 0 Å². The number of aromatic nitrogens is 2. The van der Waals surface area contributed by atoms with Gasteiger partial charge in [-0.2, -0.15) is 4.31 Å². The number of benzene rings is 1. The van der Waals surface area contributed by atoms with Gasteiger partial charge in [-0.05, 0) is 31.0 Å². The lowest BCUT2D eigenvalue weighted by atomic mass is 10.0. The largest absolute Gasteiger partial charge is 0.497 e. The Morgan fingerprint density at radius 1 is 1.03 bits per heavy atom. The molecule has 0 unspecified atom stereocenters. The van der Waals surface area contributed by atoms with Crippen LogP contribution in [0.4, 0.5) is 5.82 Å². The first-order valence-corrected chi connectivity index (χ1v) is 12.2. The number of hydrogen-bond donors (Lipinski definition) is 0. The summed E-state index contributed by atoms with van der Waals surface area (Å²) in [4.78, 5) is 11.6. The van der Waals surface area contributed by atoms with Crippen molar-refractivity contribution in [3.05, 3.63) is 46.9 Å². The highest BCUT2D eigenvalue weighted by Gasteiger charge is 2.28. The fourth-order valence-corrected chi connectivity index (χ4v) is 5.34. The molecule has 31 heavy (non-hydrogen) atoms. The predicted molar refractivity (Wildman–Crippen MR) is 121 cm³/mol. The molecule has 1 aromatic heterocycles. The molecule has 8 nitrogen and oxygen atoms in total. The average molecular weight is 449 g/mol. The van der Waals surface area contributed by atoms with Crippen LogP contribution in [-0.4, -0.2) is 68.8 Å². The van der Waals surface area contributed by atoms with Crippen LogP contribution in [0.5, 0.6) is 5.75 Å². The molecule has 1 fully saturated rings. The summed E-state index contributed by atoms with van der Waals surface area (Å²) in [6, 6.07) is 7.96. The summed E-state index contributed by atoms with van der Waals surface area (Å²) < 4.78 is 37.1. The summed E-state index contributed by atoms with van der Waals surface area (Å²) in [5, 5.41) is 0. The molecular formula is C22H32N4O4S. The van der Waals surface area contributed by atoms with Crippen LogP contribution in [0, 0.1) is 6.92 Å². The van der Waals surface area contributed by atoms with E-state index in [1.54, 1.807) is 18.5 Å². The van der Waals surface area contributed by atoms with E-state index >= 15 is 0 Å². The van der Waals surface area contributed by atoms with Crippen molar-refractivity contribution in [2.75, 3.05) is 51.1 Å². The van der Waals surface area contributed by atoms with Crippen LogP contribution in [0.1, 0.15) is 36.0 Å². The molecule has 1 aromatic carbocycles. The molecule has 0 amide bonds. The van der Waals surface area contributed by atoms with Gasteiger partial charge in [-0.15, -0.1) is 0 Å². The molecule has 0 aliphatic carbocycles. The minimum absolute atomic E-state index is 0.195. The number of hydrogen-bond acceptors (Lipinski definition) is 7. The van der Waals surface area contributed by atoms with Gasteiger partial charge in [-0.1, -0.05) is 19.1 Å². The van der Waals surface area contributed by atoms with Crippen molar-refractivity contribution in [1.29, 1.82) is 0 Å². The summed E-state index contributed by atoms with van der Waals surface area (Å²) in [6.07, 6.45) is 1.28. The zero-order valence-corrected chi connectivity index (χ0v) is 19.6. The number of methoxy groups -OCH3 is 2. The highest BCUT2D eigenvalue weighted by Crippen LogP contribution is 2.27. The summed E-state index contributed by atoms with van der Waals surface area (Å²) in [5.74, 6) is 2.55. The number of aryl methyl sites for hydroxylation is 1. The predicted octanol–water partition coefficient (Wildman–Crippen LogP) is 2.39. The molecular weight excluding hydrogens is 416 g/mol. The Morgan fingerprint density at radius 2 is 1.71 bits per heavy atom. The maximum absolute atomic E-state index is 12.4. The van der Waals surface area contributed by atoms with E-state index in [-0.39, 0.29) is 5.75 Å². The zero-order chi connectivity index (χ0) is 22.4. The van der Waals surface area contributed by atoms with Crippen molar-refractivity contribution in [2.24, 2.45) is 0 Å². The van der Waals surface area contributed by atoms with Crippen molar-refractivity contribution >= 4 is 15.8 Å². The molecule has 1 saturated heterocycles. The maximum atomic E-state index is 12.4. The van der Waals surface area contributed by atoms with E-state index in [9.17, 15) is 8.42 Å². The number of ether oxygens (including phenoxy) is 2. The average Bonchev–Trinajstić information content (AvgIpc) is 2.76. The fraction of sp³-hybridized carbons (Fsp3) is 0.545. The van der Waals surface area contributed by atoms with Gasteiger partial charge < -0.3 is 14.4 Å². The monoisotopic (exact) mass is 448 g/mol. The van der Waals surface area contributed by atoms with Gasteiger partial charge in [0.05, 0.1) is 25.2 Å². The third-order valence-electron chi connectivity index (χ3n) is 5.40. The second-order valence-corrected chi connectivity index (χ2v) is 9.77. The van der Waals surface area contributed by atoms with Crippen molar-refractivity contribution in [1.82, 2.24) is 14.3 Å². The second kappa shape index (κ2) is 10.4. The summed E-state index contributed by atoms with van der Waals surface area (Å²) in [5.41, 5.74) is 3.00. The molecule has 3 rings (SSSR count). The molecule has 1 aliphatic heterocycles. The van der Waals surface area contributed by atoms with Gasteiger partial charge in [-0.25, -0.2) is 18.4 Å². The van der Waals surface area contributed by atoms with Gasteiger partial charge in [0.2, 0.25) is 10.0 Å². The van der Waals surface area contributed by atoms with E-state index in [1.807, 2.05) is 38.1 Å². The van der Waals surface area contributed by atoms with Gasteiger partial charge in [0, 0.05) is 45.3 Å². The summed E-state index contributed by atoms with van der Waals surface area (Å²) in [7, 11) is 0.122. The Labute approximate surface area is 185 Å². The first-order valence-electron chi connectivity index (χ1n) is 10.6. The lowest BCUT2D eigenvalue weighted by Gasteiger charge is -2.36. The molecule has 170 valence electrons. The molecule has 0 atom stereocenters. The van der Waals surface area contributed by atoms with Crippen molar-refractivity contribution in [3.8, 4) is 5.75 Å². The molecule has 0 radical (unpaired) electrons. The van der Waals surface area contributed by atoms with Gasteiger partial charge in [0.1, 0.15) is 17.4 Å². The number of anilines is 1. The van der Waals surface area contributed by atoms with Crippen LogP contribution in [0.25, 0.3) is 0 Å². The van der Waals surface area contributed by atoms with E-state index < -0.39 is 10.0 Å². The third kappa shape index (κ3) is 5.72. The van der Waals surface area contributed by atoms with Crippen LogP contribution in [0.3, 0.4) is 0 Å². The van der Waals surface area contributed by atoms with Crippen LogP contribution in [0.2, 0.25) is 0 Å². The molecule has 0 spiro atoms. The maximum Gasteiger partial charge on any atom is 0.214 e. The summed E-state index contributed by atoms with van der Waals surface area (Å²) in [6.45, 7) is 6.29. The van der Waals surface area contributed by atoms with E-state index in [0.717, 1.165) is 28.4 Å². The Hall–Kier alpha value is -2.23. The van der Waals surface area contributed by atoms with E-state index in [1.165, 1.54) is 0 Å². The Morgan fingerprint density at radius 3 is 2.29 bits per heavy atom. The SMILES string of the molecule is CCCS(=O)(=O)N1CCN(c2nc(C)nc(COC)c2Cc2ccc(OC)cc2)CC1. The number of nitrogens with zero attached hydrogens (tertiary/aromatic N) is 4. The topological polar surface area (TPSA) is 84.9 Å². The molecule has 0 N–H and O–H groups in total. The quantitative estimate of drug-likeness (QED) is 0.582. The molecule has 0 saturated carbocycles. The van der Waals surface area contributed by atoms with Crippen molar-refractivity contribution in [2.45, 2.75) is 33.3 Å².